The van der Waals surface area contributed by atoms with Crippen molar-refractivity contribution in [3.63, 3.8) is 0 Å². The first-order valence-corrected chi connectivity index (χ1v) is 7.42. The van der Waals surface area contributed by atoms with Gasteiger partial charge in [-0.2, -0.15) is 0 Å². The Morgan fingerprint density at radius 2 is 2.05 bits per heavy atom. The van der Waals surface area contributed by atoms with E-state index in [-0.39, 0.29) is 0 Å². The number of rotatable bonds is 6. The van der Waals surface area contributed by atoms with E-state index in [0.717, 1.165) is 37.5 Å². The van der Waals surface area contributed by atoms with Crippen LogP contribution in [0.1, 0.15) is 23.4 Å². The normalized spacial score (nSPS) is 11.3. The van der Waals surface area contributed by atoms with Gasteiger partial charge in [-0.3, -0.25) is 0 Å². The van der Waals surface area contributed by atoms with Gasteiger partial charge in [0.1, 0.15) is 5.76 Å². The molecule has 4 heteroatoms. The van der Waals surface area contributed by atoms with E-state index >= 15 is 0 Å². The summed E-state index contributed by atoms with van der Waals surface area (Å²) in [6.07, 6.45) is 3.26. The molecule has 0 aliphatic carbocycles. The maximum atomic E-state index is 5.17. The standard InChI is InChI=1S/C17H21N3O/c1-13-16(14(2)21-19-13)12-18-9-5-10-20-11-8-15-6-3-4-7-17(15)20/h3-4,6-8,11,18H,5,9-10,12H2,1-2H3. The number of aromatic nitrogens is 2. The molecule has 0 amide bonds. The van der Waals surface area contributed by atoms with E-state index in [0.29, 0.717) is 0 Å². The third-order valence-corrected chi connectivity index (χ3v) is 3.92. The molecule has 2 aromatic heterocycles. The monoisotopic (exact) mass is 283 g/mol. The lowest BCUT2D eigenvalue weighted by Crippen LogP contribution is -2.17. The minimum absolute atomic E-state index is 0.827. The highest BCUT2D eigenvalue weighted by atomic mass is 16.5. The molecule has 0 spiro atoms. The molecule has 4 nitrogen and oxygen atoms in total. The molecule has 1 N–H and O–H groups in total. The van der Waals surface area contributed by atoms with E-state index in [4.69, 9.17) is 4.52 Å². The lowest BCUT2D eigenvalue weighted by molar-refractivity contribution is 0.391. The van der Waals surface area contributed by atoms with Crippen LogP contribution in [0.25, 0.3) is 10.9 Å². The SMILES string of the molecule is Cc1noc(C)c1CNCCCn1ccc2ccccc21. The molecule has 0 fully saturated rings. The molecule has 0 saturated carbocycles. The summed E-state index contributed by atoms with van der Waals surface area (Å²) in [6, 6.07) is 10.7. The van der Waals surface area contributed by atoms with Gasteiger partial charge in [0.05, 0.1) is 5.69 Å². The van der Waals surface area contributed by atoms with Gasteiger partial charge >= 0.3 is 0 Å². The number of fused-ring (bicyclic) bond motifs is 1. The van der Waals surface area contributed by atoms with Crippen molar-refractivity contribution in [1.29, 1.82) is 0 Å². The van der Waals surface area contributed by atoms with Crippen molar-refractivity contribution in [2.45, 2.75) is 33.4 Å². The molecule has 0 aliphatic heterocycles. The van der Waals surface area contributed by atoms with Crippen molar-refractivity contribution in [2.24, 2.45) is 0 Å². The number of para-hydroxylation sites is 1. The Labute approximate surface area is 124 Å². The predicted octanol–water partition coefficient (Wildman–Crippen LogP) is 3.43. The van der Waals surface area contributed by atoms with Crippen LogP contribution in [0.3, 0.4) is 0 Å². The van der Waals surface area contributed by atoms with E-state index < -0.39 is 0 Å². The zero-order valence-electron chi connectivity index (χ0n) is 12.6. The van der Waals surface area contributed by atoms with Gasteiger partial charge in [-0.25, -0.2) is 0 Å². The Hall–Kier alpha value is -2.07. The minimum atomic E-state index is 0.827. The topological polar surface area (TPSA) is 43.0 Å². The zero-order chi connectivity index (χ0) is 14.7. The van der Waals surface area contributed by atoms with Crippen LogP contribution in [0.4, 0.5) is 0 Å². The van der Waals surface area contributed by atoms with E-state index in [9.17, 15) is 0 Å². The van der Waals surface area contributed by atoms with Crippen LogP contribution in [0, 0.1) is 13.8 Å². The number of hydrogen-bond donors (Lipinski definition) is 1. The van der Waals surface area contributed by atoms with Crippen LogP contribution in [0.2, 0.25) is 0 Å². The molecule has 3 rings (SSSR count). The highest BCUT2D eigenvalue weighted by Gasteiger charge is 2.07. The summed E-state index contributed by atoms with van der Waals surface area (Å²) >= 11 is 0. The molecule has 0 saturated heterocycles. The van der Waals surface area contributed by atoms with E-state index in [2.05, 4.69) is 51.6 Å². The molecule has 0 unspecified atom stereocenters. The molecule has 3 aromatic rings. The highest BCUT2D eigenvalue weighted by Crippen LogP contribution is 2.15. The first-order chi connectivity index (χ1) is 10.3. The number of nitrogens with zero attached hydrogens (tertiary/aromatic N) is 2. The minimum Gasteiger partial charge on any atom is -0.361 e. The number of aryl methyl sites for hydroxylation is 3. The number of hydrogen-bond acceptors (Lipinski definition) is 3. The van der Waals surface area contributed by atoms with Crippen molar-refractivity contribution >= 4 is 10.9 Å². The quantitative estimate of drug-likeness (QED) is 0.705. The molecule has 0 bridgehead atoms. The Morgan fingerprint density at radius 3 is 2.86 bits per heavy atom. The van der Waals surface area contributed by atoms with Gasteiger partial charge in [-0.15, -0.1) is 0 Å². The van der Waals surface area contributed by atoms with Crippen LogP contribution in [0.15, 0.2) is 41.1 Å². The molecule has 110 valence electrons. The highest BCUT2D eigenvalue weighted by molar-refractivity contribution is 5.79. The fourth-order valence-corrected chi connectivity index (χ4v) is 2.68. The summed E-state index contributed by atoms with van der Waals surface area (Å²) in [7, 11) is 0. The summed E-state index contributed by atoms with van der Waals surface area (Å²) in [6.45, 7) is 6.79. The Morgan fingerprint density at radius 1 is 1.19 bits per heavy atom. The second kappa shape index (κ2) is 6.14. The van der Waals surface area contributed by atoms with Gasteiger partial charge < -0.3 is 14.4 Å². The molecule has 21 heavy (non-hydrogen) atoms. The second-order valence-electron chi connectivity index (χ2n) is 5.40. The van der Waals surface area contributed by atoms with Crippen LogP contribution < -0.4 is 5.32 Å². The molecule has 0 aliphatic rings. The fraction of sp³-hybridized carbons (Fsp3) is 0.353. The summed E-state index contributed by atoms with van der Waals surface area (Å²) in [5.74, 6) is 0.913. The Bertz CT molecular complexity index is 707. The van der Waals surface area contributed by atoms with Crippen LogP contribution in [-0.4, -0.2) is 16.3 Å². The Balaban J connectivity index is 1.48. The van der Waals surface area contributed by atoms with Crippen LogP contribution in [-0.2, 0) is 13.1 Å². The van der Waals surface area contributed by atoms with Crippen molar-refractivity contribution in [1.82, 2.24) is 15.0 Å². The van der Waals surface area contributed by atoms with Crippen LogP contribution in [0.5, 0.6) is 0 Å². The lowest BCUT2D eigenvalue weighted by atomic mass is 10.2. The second-order valence-corrected chi connectivity index (χ2v) is 5.40. The summed E-state index contributed by atoms with van der Waals surface area (Å²) < 4.78 is 7.48. The molecule has 2 heterocycles. The smallest absolute Gasteiger partial charge is 0.138 e. The van der Waals surface area contributed by atoms with Crippen LogP contribution >= 0.6 is 0 Å². The molecule has 0 atom stereocenters. The average molecular weight is 283 g/mol. The van der Waals surface area contributed by atoms with Gasteiger partial charge in [-0.1, -0.05) is 23.4 Å². The summed E-state index contributed by atoms with van der Waals surface area (Å²) in [5.41, 5.74) is 3.47. The van der Waals surface area contributed by atoms with E-state index in [1.54, 1.807) is 0 Å². The van der Waals surface area contributed by atoms with Crippen molar-refractivity contribution in [3.8, 4) is 0 Å². The maximum absolute atomic E-state index is 5.17. The van der Waals surface area contributed by atoms with Gasteiger partial charge in [0.2, 0.25) is 0 Å². The lowest BCUT2D eigenvalue weighted by Gasteiger charge is -2.07. The third-order valence-electron chi connectivity index (χ3n) is 3.92. The van der Waals surface area contributed by atoms with Gasteiger partial charge in [0, 0.05) is 30.4 Å². The van der Waals surface area contributed by atoms with E-state index in [1.807, 2.05) is 13.8 Å². The number of benzene rings is 1. The van der Waals surface area contributed by atoms with Gasteiger partial charge in [-0.05, 0) is 44.3 Å². The third kappa shape index (κ3) is 3.00. The van der Waals surface area contributed by atoms with Gasteiger partial charge in [0.25, 0.3) is 0 Å². The molecule has 0 radical (unpaired) electrons. The predicted molar refractivity (Wildman–Crippen MR) is 84.2 cm³/mol. The summed E-state index contributed by atoms with van der Waals surface area (Å²) in [4.78, 5) is 0. The maximum Gasteiger partial charge on any atom is 0.138 e. The van der Waals surface area contributed by atoms with Crippen molar-refractivity contribution in [3.05, 3.63) is 53.5 Å². The first kappa shape index (κ1) is 13.9. The van der Waals surface area contributed by atoms with Crippen molar-refractivity contribution < 1.29 is 4.52 Å². The van der Waals surface area contributed by atoms with Crippen molar-refractivity contribution in [2.75, 3.05) is 6.54 Å². The van der Waals surface area contributed by atoms with E-state index in [1.165, 1.54) is 16.5 Å². The fourth-order valence-electron chi connectivity index (χ4n) is 2.68. The van der Waals surface area contributed by atoms with Gasteiger partial charge in [0.15, 0.2) is 0 Å². The number of nitrogens with one attached hydrogen (secondary N) is 1. The molecule has 1 aromatic carbocycles. The Kier molecular flexibility index (Phi) is 4.06. The zero-order valence-corrected chi connectivity index (χ0v) is 12.6. The largest absolute Gasteiger partial charge is 0.361 e. The summed E-state index contributed by atoms with van der Waals surface area (Å²) in [5, 5.41) is 8.74. The first-order valence-electron chi connectivity index (χ1n) is 7.42. The average Bonchev–Trinajstić information content (AvgIpc) is 3.04. The molecular weight excluding hydrogens is 262 g/mol. The molecular formula is C17H21N3O.